The van der Waals surface area contributed by atoms with E-state index in [2.05, 4.69) is 0 Å². The van der Waals surface area contributed by atoms with Crippen LogP contribution in [0.1, 0.15) is 51.4 Å². The number of aliphatic hydroxyl groups is 1. The van der Waals surface area contributed by atoms with Crippen molar-refractivity contribution in [2.24, 2.45) is 5.73 Å². The van der Waals surface area contributed by atoms with Crippen LogP contribution in [0.5, 0.6) is 0 Å². The summed E-state index contributed by atoms with van der Waals surface area (Å²) < 4.78 is 4.75. The highest BCUT2D eigenvalue weighted by atomic mass is 16.6. The molecule has 0 aromatic rings. The highest BCUT2D eigenvalue weighted by Gasteiger charge is 1.99. The molecule has 0 spiro atoms. The summed E-state index contributed by atoms with van der Waals surface area (Å²) in [7, 11) is 1.54. The Kier molecular flexibility index (Phi) is 10.9. The first-order valence-corrected chi connectivity index (χ1v) is 5.72. The van der Waals surface area contributed by atoms with Crippen molar-refractivity contribution in [3.63, 3.8) is 0 Å². The maximum absolute atomic E-state index is 9.09. The summed E-state index contributed by atoms with van der Waals surface area (Å²) in [4.78, 5) is 0. The van der Waals surface area contributed by atoms with Crippen LogP contribution in [0.4, 0.5) is 0 Å². The van der Waals surface area contributed by atoms with Gasteiger partial charge in [-0.05, 0) is 25.8 Å². The molecule has 0 aromatic carbocycles. The standard InChI is InChI=1S/C11H25NO2/c1-14-11(13)9-7-5-3-2-4-6-8-10-12/h11,13H,2-10,12H2,1H3. The minimum Gasteiger partial charge on any atom is -0.368 e. The van der Waals surface area contributed by atoms with E-state index in [1.54, 1.807) is 0 Å². The Morgan fingerprint density at radius 1 is 1.00 bits per heavy atom. The lowest BCUT2D eigenvalue weighted by Gasteiger charge is -2.07. The number of hydrogen-bond donors (Lipinski definition) is 2. The largest absolute Gasteiger partial charge is 0.368 e. The summed E-state index contributed by atoms with van der Waals surface area (Å²) in [5.74, 6) is 0. The number of unbranched alkanes of at least 4 members (excludes halogenated alkanes) is 6. The minimum absolute atomic E-state index is 0.563. The van der Waals surface area contributed by atoms with Crippen molar-refractivity contribution < 1.29 is 9.84 Å². The van der Waals surface area contributed by atoms with Gasteiger partial charge >= 0.3 is 0 Å². The Balaban J connectivity index is 2.92. The third kappa shape index (κ3) is 9.96. The van der Waals surface area contributed by atoms with Crippen LogP contribution in [0, 0.1) is 0 Å². The predicted molar refractivity (Wildman–Crippen MR) is 59.0 cm³/mol. The molecular formula is C11H25NO2. The average Bonchev–Trinajstić information content (AvgIpc) is 2.21. The number of aliphatic hydroxyl groups excluding tert-OH is 1. The highest BCUT2D eigenvalue weighted by Crippen LogP contribution is 2.09. The predicted octanol–water partition coefficient (Wildman–Crippen LogP) is 2.03. The van der Waals surface area contributed by atoms with Crippen molar-refractivity contribution in [3.8, 4) is 0 Å². The second-order valence-corrected chi connectivity index (χ2v) is 3.74. The maximum atomic E-state index is 9.09. The quantitative estimate of drug-likeness (QED) is 0.422. The van der Waals surface area contributed by atoms with Gasteiger partial charge in [0.25, 0.3) is 0 Å². The number of rotatable bonds is 10. The van der Waals surface area contributed by atoms with Gasteiger partial charge in [0.2, 0.25) is 0 Å². The Morgan fingerprint density at radius 3 is 2.00 bits per heavy atom. The summed E-state index contributed by atoms with van der Waals surface area (Å²) in [5, 5.41) is 9.09. The van der Waals surface area contributed by atoms with Crippen LogP contribution >= 0.6 is 0 Å². The second-order valence-electron chi connectivity index (χ2n) is 3.74. The van der Waals surface area contributed by atoms with E-state index in [0.717, 1.165) is 25.8 Å². The molecule has 0 bridgehead atoms. The lowest BCUT2D eigenvalue weighted by molar-refractivity contribution is -0.0793. The first-order valence-electron chi connectivity index (χ1n) is 5.72. The third-order valence-electron chi connectivity index (χ3n) is 2.43. The second kappa shape index (κ2) is 11.0. The van der Waals surface area contributed by atoms with Gasteiger partial charge in [-0.2, -0.15) is 0 Å². The fraction of sp³-hybridized carbons (Fsp3) is 1.00. The van der Waals surface area contributed by atoms with E-state index in [9.17, 15) is 0 Å². The van der Waals surface area contributed by atoms with Crippen LogP contribution in [-0.4, -0.2) is 25.1 Å². The molecule has 0 saturated heterocycles. The maximum Gasteiger partial charge on any atom is 0.154 e. The SMILES string of the molecule is COC(O)CCCCCCCCCN. The summed E-state index contributed by atoms with van der Waals surface area (Å²) in [5.41, 5.74) is 5.40. The third-order valence-corrected chi connectivity index (χ3v) is 2.43. The molecule has 3 N–H and O–H groups in total. The van der Waals surface area contributed by atoms with Crippen molar-refractivity contribution in [1.29, 1.82) is 0 Å². The molecule has 0 saturated carbocycles. The molecule has 0 amide bonds. The van der Waals surface area contributed by atoms with E-state index in [1.165, 1.54) is 39.2 Å². The summed E-state index contributed by atoms with van der Waals surface area (Å²) in [6.07, 6.45) is 8.73. The van der Waals surface area contributed by atoms with Crippen molar-refractivity contribution in [2.45, 2.75) is 57.7 Å². The molecule has 86 valence electrons. The van der Waals surface area contributed by atoms with Crippen LogP contribution in [0.15, 0.2) is 0 Å². The first-order chi connectivity index (χ1) is 6.81. The minimum atomic E-state index is -0.563. The van der Waals surface area contributed by atoms with Crippen molar-refractivity contribution in [2.75, 3.05) is 13.7 Å². The number of hydrogen-bond acceptors (Lipinski definition) is 3. The zero-order valence-corrected chi connectivity index (χ0v) is 9.37. The van der Waals surface area contributed by atoms with Crippen molar-refractivity contribution in [1.82, 2.24) is 0 Å². The molecule has 0 heterocycles. The molecule has 3 nitrogen and oxygen atoms in total. The average molecular weight is 203 g/mol. The van der Waals surface area contributed by atoms with Crippen LogP contribution < -0.4 is 5.73 Å². The van der Waals surface area contributed by atoms with E-state index in [0.29, 0.717) is 0 Å². The molecule has 0 aromatic heterocycles. The van der Waals surface area contributed by atoms with E-state index in [1.807, 2.05) is 0 Å². The van der Waals surface area contributed by atoms with Gasteiger partial charge in [0, 0.05) is 7.11 Å². The molecule has 0 radical (unpaired) electrons. The van der Waals surface area contributed by atoms with E-state index >= 15 is 0 Å². The highest BCUT2D eigenvalue weighted by molar-refractivity contribution is 4.48. The van der Waals surface area contributed by atoms with E-state index in [4.69, 9.17) is 15.6 Å². The molecular weight excluding hydrogens is 178 g/mol. The smallest absolute Gasteiger partial charge is 0.154 e. The molecule has 0 fully saturated rings. The molecule has 0 aliphatic rings. The van der Waals surface area contributed by atoms with Gasteiger partial charge in [0.1, 0.15) is 0 Å². The molecule has 1 unspecified atom stereocenters. The van der Waals surface area contributed by atoms with Crippen molar-refractivity contribution >= 4 is 0 Å². The summed E-state index contributed by atoms with van der Waals surface area (Å²) in [6.45, 7) is 0.819. The van der Waals surface area contributed by atoms with Crippen molar-refractivity contribution in [3.05, 3.63) is 0 Å². The number of methoxy groups -OCH3 is 1. The Morgan fingerprint density at radius 2 is 1.50 bits per heavy atom. The molecule has 14 heavy (non-hydrogen) atoms. The topological polar surface area (TPSA) is 55.5 Å². The fourth-order valence-electron chi connectivity index (χ4n) is 1.47. The molecule has 3 heteroatoms. The lowest BCUT2D eigenvalue weighted by Crippen LogP contribution is -2.07. The summed E-state index contributed by atoms with van der Waals surface area (Å²) >= 11 is 0. The van der Waals surface area contributed by atoms with Gasteiger partial charge in [-0.25, -0.2) is 0 Å². The fourth-order valence-corrected chi connectivity index (χ4v) is 1.47. The van der Waals surface area contributed by atoms with Crippen LogP contribution in [0.25, 0.3) is 0 Å². The van der Waals surface area contributed by atoms with E-state index < -0.39 is 6.29 Å². The van der Waals surface area contributed by atoms with Gasteiger partial charge in [-0.1, -0.05) is 32.1 Å². The Hall–Kier alpha value is -0.120. The normalized spacial score (nSPS) is 13.1. The van der Waals surface area contributed by atoms with Gasteiger partial charge in [-0.15, -0.1) is 0 Å². The zero-order valence-electron chi connectivity index (χ0n) is 9.37. The number of nitrogens with two attached hydrogens (primary N) is 1. The van der Waals surface area contributed by atoms with Gasteiger partial charge in [-0.3, -0.25) is 0 Å². The first kappa shape index (κ1) is 13.9. The Labute approximate surface area is 87.6 Å². The molecule has 1 atom stereocenters. The zero-order chi connectivity index (χ0) is 10.6. The van der Waals surface area contributed by atoms with E-state index in [-0.39, 0.29) is 0 Å². The van der Waals surface area contributed by atoms with Crippen LogP contribution in [0.3, 0.4) is 0 Å². The van der Waals surface area contributed by atoms with Gasteiger partial charge in [0.05, 0.1) is 0 Å². The van der Waals surface area contributed by atoms with Crippen LogP contribution in [-0.2, 0) is 4.74 Å². The molecule has 0 aliphatic carbocycles. The molecule has 0 aliphatic heterocycles. The monoisotopic (exact) mass is 203 g/mol. The summed E-state index contributed by atoms with van der Waals surface area (Å²) in [6, 6.07) is 0. The lowest BCUT2D eigenvalue weighted by atomic mass is 10.1. The van der Waals surface area contributed by atoms with Gasteiger partial charge in [0.15, 0.2) is 6.29 Å². The number of ether oxygens (including phenoxy) is 1. The Bertz CT molecular complexity index is 109. The van der Waals surface area contributed by atoms with Gasteiger partial charge < -0.3 is 15.6 Å². The molecule has 0 rings (SSSR count). The van der Waals surface area contributed by atoms with Crippen LogP contribution in [0.2, 0.25) is 0 Å².